The van der Waals surface area contributed by atoms with E-state index in [1.54, 1.807) is 0 Å². The van der Waals surface area contributed by atoms with Gasteiger partial charge in [-0.3, -0.25) is 4.79 Å². The van der Waals surface area contributed by atoms with Crippen LogP contribution in [0.4, 0.5) is 0 Å². The van der Waals surface area contributed by atoms with Crippen LogP contribution in [0.2, 0.25) is 0 Å². The van der Waals surface area contributed by atoms with Gasteiger partial charge in [-0.25, -0.2) is 0 Å². The lowest BCUT2D eigenvalue weighted by Crippen LogP contribution is -2.37. The fourth-order valence-electron chi connectivity index (χ4n) is 1.60. The highest BCUT2D eigenvalue weighted by Crippen LogP contribution is 2.10. The first-order valence-electron chi connectivity index (χ1n) is 6.61. The Bertz CT molecular complexity index is 210. The highest BCUT2D eigenvalue weighted by atomic mass is 32.2. The number of thioether (sulfide) groups is 1. The molecule has 0 aliphatic carbocycles. The Balaban J connectivity index is 3.73. The van der Waals surface area contributed by atoms with Crippen molar-refractivity contribution in [2.24, 2.45) is 11.7 Å². The first-order valence-corrected chi connectivity index (χ1v) is 7.76. The highest BCUT2D eigenvalue weighted by Gasteiger charge is 2.14. The number of amides is 1. The zero-order valence-corrected chi connectivity index (χ0v) is 12.5. The second-order valence-electron chi connectivity index (χ2n) is 4.88. The third-order valence-electron chi connectivity index (χ3n) is 2.70. The quantitative estimate of drug-likeness (QED) is 0.669. The van der Waals surface area contributed by atoms with Crippen molar-refractivity contribution in [3.05, 3.63) is 0 Å². The SMILES string of the molecule is CCSCC(C)NC(=O)C(C)CCCC(C)N. The first kappa shape index (κ1) is 16.8. The van der Waals surface area contributed by atoms with Crippen LogP contribution in [-0.4, -0.2) is 29.5 Å². The van der Waals surface area contributed by atoms with E-state index in [2.05, 4.69) is 19.2 Å². The standard InChI is InChI=1S/C13H28N2OS/c1-5-17-9-12(4)15-13(16)10(2)7-6-8-11(3)14/h10-12H,5-9,14H2,1-4H3,(H,15,16). The summed E-state index contributed by atoms with van der Waals surface area (Å²) in [7, 11) is 0. The molecule has 3 atom stereocenters. The molecular weight excluding hydrogens is 232 g/mol. The minimum absolute atomic E-state index is 0.0998. The third kappa shape index (κ3) is 9.48. The molecule has 4 heteroatoms. The molecule has 0 aliphatic heterocycles. The van der Waals surface area contributed by atoms with Crippen molar-refractivity contribution >= 4 is 17.7 Å². The van der Waals surface area contributed by atoms with Crippen molar-refractivity contribution in [1.29, 1.82) is 0 Å². The number of hydrogen-bond acceptors (Lipinski definition) is 3. The molecule has 0 aliphatic rings. The molecule has 1 amide bonds. The Labute approximate surface area is 110 Å². The maximum Gasteiger partial charge on any atom is 0.223 e. The van der Waals surface area contributed by atoms with E-state index < -0.39 is 0 Å². The monoisotopic (exact) mass is 260 g/mol. The molecule has 0 saturated carbocycles. The van der Waals surface area contributed by atoms with Gasteiger partial charge in [0.1, 0.15) is 0 Å². The predicted octanol–water partition coefficient (Wildman–Crippen LogP) is 2.40. The van der Waals surface area contributed by atoms with Gasteiger partial charge in [-0.2, -0.15) is 11.8 Å². The zero-order chi connectivity index (χ0) is 13.3. The van der Waals surface area contributed by atoms with Gasteiger partial charge in [0.2, 0.25) is 5.91 Å². The molecule has 17 heavy (non-hydrogen) atoms. The number of carbonyl (C=O) groups is 1. The minimum Gasteiger partial charge on any atom is -0.353 e. The lowest BCUT2D eigenvalue weighted by atomic mass is 10.0. The van der Waals surface area contributed by atoms with Crippen molar-refractivity contribution in [3.63, 3.8) is 0 Å². The Hall–Kier alpha value is -0.220. The van der Waals surface area contributed by atoms with Crippen molar-refractivity contribution in [2.75, 3.05) is 11.5 Å². The first-order chi connectivity index (χ1) is 7.97. The maximum atomic E-state index is 11.8. The lowest BCUT2D eigenvalue weighted by Gasteiger charge is -2.17. The number of nitrogens with one attached hydrogen (secondary N) is 1. The maximum absolute atomic E-state index is 11.8. The molecular formula is C13H28N2OS. The van der Waals surface area contributed by atoms with Gasteiger partial charge in [0.25, 0.3) is 0 Å². The van der Waals surface area contributed by atoms with E-state index in [0.29, 0.717) is 0 Å². The highest BCUT2D eigenvalue weighted by molar-refractivity contribution is 7.99. The van der Waals surface area contributed by atoms with E-state index in [0.717, 1.165) is 30.8 Å². The van der Waals surface area contributed by atoms with Gasteiger partial charge in [0, 0.05) is 23.8 Å². The molecule has 0 spiro atoms. The molecule has 0 radical (unpaired) electrons. The van der Waals surface area contributed by atoms with Gasteiger partial charge >= 0.3 is 0 Å². The summed E-state index contributed by atoms with van der Waals surface area (Å²) in [4.78, 5) is 11.8. The summed E-state index contributed by atoms with van der Waals surface area (Å²) in [6, 6.07) is 0.508. The molecule has 3 unspecified atom stereocenters. The van der Waals surface area contributed by atoms with E-state index in [1.165, 1.54) is 0 Å². The summed E-state index contributed by atoms with van der Waals surface area (Å²) in [6.45, 7) is 8.20. The molecule has 3 N–H and O–H groups in total. The summed E-state index contributed by atoms with van der Waals surface area (Å²) in [5.74, 6) is 2.38. The third-order valence-corrected chi connectivity index (χ3v) is 3.85. The van der Waals surface area contributed by atoms with E-state index in [1.807, 2.05) is 25.6 Å². The second kappa shape index (κ2) is 9.77. The second-order valence-corrected chi connectivity index (χ2v) is 6.20. The van der Waals surface area contributed by atoms with Crippen LogP contribution >= 0.6 is 11.8 Å². The van der Waals surface area contributed by atoms with Crippen LogP contribution in [0.1, 0.15) is 47.0 Å². The van der Waals surface area contributed by atoms with Gasteiger partial charge < -0.3 is 11.1 Å². The van der Waals surface area contributed by atoms with Crippen molar-refractivity contribution in [2.45, 2.75) is 59.0 Å². The molecule has 3 nitrogen and oxygen atoms in total. The topological polar surface area (TPSA) is 55.1 Å². The molecule has 0 aromatic heterocycles. The molecule has 0 bridgehead atoms. The van der Waals surface area contributed by atoms with Crippen molar-refractivity contribution in [3.8, 4) is 0 Å². The normalized spacial score (nSPS) is 16.3. The van der Waals surface area contributed by atoms with Gasteiger partial charge in [0.05, 0.1) is 0 Å². The van der Waals surface area contributed by atoms with E-state index >= 15 is 0 Å². The van der Waals surface area contributed by atoms with Crippen LogP contribution in [0.15, 0.2) is 0 Å². The molecule has 102 valence electrons. The van der Waals surface area contributed by atoms with Gasteiger partial charge in [-0.1, -0.05) is 20.3 Å². The molecule has 0 rings (SSSR count). The molecule has 0 fully saturated rings. The van der Waals surface area contributed by atoms with Crippen molar-refractivity contribution in [1.82, 2.24) is 5.32 Å². The van der Waals surface area contributed by atoms with E-state index in [9.17, 15) is 4.79 Å². The minimum atomic E-state index is 0.0998. The lowest BCUT2D eigenvalue weighted by molar-refractivity contribution is -0.125. The largest absolute Gasteiger partial charge is 0.353 e. The number of hydrogen-bond donors (Lipinski definition) is 2. The van der Waals surface area contributed by atoms with Crippen molar-refractivity contribution < 1.29 is 4.79 Å². The van der Waals surface area contributed by atoms with E-state index in [4.69, 9.17) is 5.73 Å². The number of rotatable bonds is 9. The Morgan fingerprint density at radius 3 is 2.47 bits per heavy atom. The number of nitrogens with two attached hydrogens (primary N) is 1. The Morgan fingerprint density at radius 2 is 1.94 bits per heavy atom. The predicted molar refractivity (Wildman–Crippen MR) is 77.3 cm³/mol. The van der Waals surface area contributed by atoms with Crippen LogP contribution in [0.5, 0.6) is 0 Å². The van der Waals surface area contributed by atoms with Crippen LogP contribution < -0.4 is 11.1 Å². The Morgan fingerprint density at radius 1 is 1.29 bits per heavy atom. The smallest absolute Gasteiger partial charge is 0.223 e. The summed E-state index contributed by atoms with van der Waals surface area (Å²) < 4.78 is 0. The van der Waals surface area contributed by atoms with Crippen LogP contribution in [0.3, 0.4) is 0 Å². The summed E-state index contributed by atoms with van der Waals surface area (Å²) in [5.41, 5.74) is 5.69. The van der Waals surface area contributed by atoms with Crippen LogP contribution in [-0.2, 0) is 4.79 Å². The van der Waals surface area contributed by atoms with Gasteiger partial charge in [0.15, 0.2) is 0 Å². The zero-order valence-electron chi connectivity index (χ0n) is 11.7. The fourth-order valence-corrected chi connectivity index (χ4v) is 2.27. The summed E-state index contributed by atoms with van der Waals surface area (Å²) >= 11 is 1.86. The average Bonchev–Trinajstić information content (AvgIpc) is 2.25. The molecule has 0 aromatic rings. The van der Waals surface area contributed by atoms with Crippen LogP contribution in [0, 0.1) is 5.92 Å². The average molecular weight is 260 g/mol. The fraction of sp³-hybridized carbons (Fsp3) is 0.923. The van der Waals surface area contributed by atoms with Crippen LogP contribution in [0.25, 0.3) is 0 Å². The molecule has 0 saturated heterocycles. The molecule has 0 heterocycles. The number of carbonyl (C=O) groups excluding carboxylic acids is 1. The van der Waals surface area contributed by atoms with Gasteiger partial charge in [-0.15, -0.1) is 0 Å². The Kier molecular flexibility index (Phi) is 9.65. The van der Waals surface area contributed by atoms with Gasteiger partial charge in [-0.05, 0) is 32.4 Å². The molecule has 0 aromatic carbocycles. The van der Waals surface area contributed by atoms with E-state index in [-0.39, 0.29) is 23.9 Å². The summed E-state index contributed by atoms with van der Waals surface area (Å²) in [6.07, 6.45) is 2.96. The summed E-state index contributed by atoms with van der Waals surface area (Å²) in [5, 5.41) is 3.06.